The lowest BCUT2D eigenvalue weighted by Crippen LogP contribution is -2.78. The van der Waals surface area contributed by atoms with Crippen molar-refractivity contribution in [3.05, 3.63) is 0 Å². The van der Waals surface area contributed by atoms with Gasteiger partial charge in [-0.15, -0.1) is 0 Å². The molecule has 4 N–H and O–H groups in total. The highest BCUT2D eigenvalue weighted by atomic mass is 16.7. The number of hydrogen-bond donors (Lipinski definition) is 4. The molecule has 0 aliphatic carbocycles. The second kappa shape index (κ2) is 5.78. The Morgan fingerprint density at radius 3 is 2.00 bits per heavy atom. The SMILES string of the molecule is CC(=O)OC1(C(C)=O)O[C@H](CO)[C@@H](O)[C@H](O)[C@@]1(O)C(C)=O. The highest BCUT2D eigenvalue weighted by Gasteiger charge is 2.71. The fraction of sp³-hybridized carbons (Fsp3) is 0.750. The van der Waals surface area contributed by atoms with Crippen LogP contribution in [0.4, 0.5) is 0 Å². The maximum atomic E-state index is 11.9. The Hall–Kier alpha value is -1.39. The zero-order valence-electron chi connectivity index (χ0n) is 11.8. The molecule has 0 aromatic carbocycles. The van der Waals surface area contributed by atoms with Crippen LogP contribution in [-0.4, -0.2) is 74.3 Å². The van der Waals surface area contributed by atoms with E-state index in [0.29, 0.717) is 0 Å². The Morgan fingerprint density at radius 1 is 1.14 bits per heavy atom. The van der Waals surface area contributed by atoms with Crippen LogP contribution in [0.1, 0.15) is 20.8 Å². The third kappa shape index (κ3) is 2.47. The molecule has 9 heteroatoms. The standard InChI is InChI=1S/C12H18O9/c1-5(14)11(19)10(18)9(17)8(4-13)21-12(11,6(2)15)20-7(3)16/h8-10,13,17-19H,4H2,1-3H3/t8-,9-,10+,11+,12?/m1/s1. The highest BCUT2D eigenvalue weighted by Crippen LogP contribution is 2.41. The molecule has 9 nitrogen and oxygen atoms in total. The molecule has 21 heavy (non-hydrogen) atoms. The molecule has 0 aromatic rings. The topological polar surface area (TPSA) is 151 Å². The Balaban J connectivity index is 3.55. The molecule has 1 heterocycles. The number of carbonyl (C=O) groups is 3. The van der Waals surface area contributed by atoms with Crippen molar-refractivity contribution in [1.82, 2.24) is 0 Å². The minimum Gasteiger partial charge on any atom is -0.422 e. The summed E-state index contributed by atoms with van der Waals surface area (Å²) in [5, 5.41) is 39.4. The van der Waals surface area contributed by atoms with Crippen molar-refractivity contribution in [2.24, 2.45) is 0 Å². The van der Waals surface area contributed by atoms with Crippen molar-refractivity contribution >= 4 is 17.5 Å². The van der Waals surface area contributed by atoms with Gasteiger partial charge in [-0.1, -0.05) is 0 Å². The molecule has 0 amide bonds. The van der Waals surface area contributed by atoms with Gasteiger partial charge in [0.25, 0.3) is 0 Å². The van der Waals surface area contributed by atoms with Gasteiger partial charge >= 0.3 is 11.8 Å². The summed E-state index contributed by atoms with van der Waals surface area (Å²) < 4.78 is 9.74. The van der Waals surface area contributed by atoms with Crippen molar-refractivity contribution in [1.29, 1.82) is 0 Å². The Labute approximate surface area is 120 Å². The number of aliphatic hydroxyl groups excluding tert-OH is 3. The van der Waals surface area contributed by atoms with Crippen LogP contribution >= 0.6 is 0 Å². The van der Waals surface area contributed by atoms with E-state index in [1.54, 1.807) is 0 Å². The maximum absolute atomic E-state index is 11.9. The van der Waals surface area contributed by atoms with E-state index in [4.69, 9.17) is 14.6 Å². The molecule has 0 spiro atoms. The molecule has 0 bridgehead atoms. The van der Waals surface area contributed by atoms with Crippen molar-refractivity contribution in [3.63, 3.8) is 0 Å². The first kappa shape index (κ1) is 17.7. The smallest absolute Gasteiger partial charge is 0.312 e. The fourth-order valence-electron chi connectivity index (χ4n) is 2.33. The molecule has 0 saturated carbocycles. The van der Waals surface area contributed by atoms with E-state index in [-0.39, 0.29) is 0 Å². The second-order valence-corrected chi connectivity index (χ2v) is 4.86. The summed E-state index contributed by atoms with van der Waals surface area (Å²) in [6.45, 7) is 1.76. The van der Waals surface area contributed by atoms with E-state index < -0.39 is 53.8 Å². The largest absolute Gasteiger partial charge is 0.422 e. The normalized spacial score (nSPS) is 39.7. The molecular weight excluding hydrogens is 288 g/mol. The van der Waals surface area contributed by atoms with E-state index in [2.05, 4.69) is 0 Å². The van der Waals surface area contributed by atoms with Crippen molar-refractivity contribution < 1.29 is 44.3 Å². The van der Waals surface area contributed by atoms with Gasteiger partial charge in [-0.3, -0.25) is 14.4 Å². The van der Waals surface area contributed by atoms with Gasteiger partial charge in [-0.25, -0.2) is 0 Å². The number of carbonyl (C=O) groups excluding carboxylic acids is 3. The molecule has 1 unspecified atom stereocenters. The maximum Gasteiger partial charge on any atom is 0.312 e. The third-order valence-corrected chi connectivity index (χ3v) is 3.42. The number of aliphatic hydroxyl groups is 4. The van der Waals surface area contributed by atoms with Crippen molar-refractivity contribution in [2.45, 2.75) is 50.5 Å². The lowest BCUT2D eigenvalue weighted by atomic mass is 9.75. The lowest BCUT2D eigenvalue weighted by molar-refractivity contribution is -0.357. The van der Waals surface area contributed by atoms with Crippen LogP contribution in [0, 0.1) is 0 Å². The molecule has 1 rings (SSSR count). The van der Waals surface area contributed by atoms with Gasteiger partial charge in [0.15, 0.2) is 5.78 Å². The fourth-order valence-corrected chi connectivity index (χ4v) is 2.33. The molecule has 120 valence electrons. The predicted molar refractivity (Wildman–Crippen MR) is 64.8 cm³/mol. The van der Waals surface area contributed by atoms with E-state index in [1.807, 2.05) is 0 Å². The lowest BCUT2D eigenvalue weighted by Gasteiger charge is -2.51. The van der Waals surface area contributed by atoms with Crippen LogP contribution in [0.25, 0.3) is 0 Å². The van der Waals surface area contributed by atoms with Gasteiger partial charge in [0.05, 0.1) is 6.61 Å². The molecule has 1 aliphatic rings. The monoisotopic (exact) mass is 306 g/mol. The van der Waals surface area contributed by atoms with Gasteiger partial charge < -0.3 is 29.9 Å². The van der Waals surface area contributed by atoms with Crippen LogP contribution in [0.15, 0.2) is 0 Å². The quantitative estimate of drug-likeness (QED) is 0.406. The van der Waals surface area contributed by atoms with Gasteiger partial charge in [-0.2, -0.15) is 0 Å². The zero-order chi connectivity index (χ0) is 16.6. The first-order valence-electron chi connectivity index (χ1n) is 6.13. The summed E-state index contributed by atoms with van der Waals surface area (Å²) in [6, 6.07) is 0. The Morgan fingerprint density at radius 2 is 1.67 bits per heavy atom. The van der Waals surface area contributed by atoms with E-state index in [1.165, 1.54) is 0 Å². The minimum absolute atomic E-state index is 0.833. The summed E-state index contributed by atoms with van der Waals surface area (Å²) in [4.78, 5) is 34.9. The summed E-state index contributed by atoms with van der Waals surface area (Å²) in [6.07, 6.45) is -5.61. The summed E-state index contributed by atoms with van der Waals surface area (Å²) in [5.41, 5.74) is -3.00. The van der Waals surface area contributed by atoms with Gasteiger partial charge in [0.2, 0.25) is 11.4 Å². The number of ether oxygens (including phenoxy) is 2. The van der Waals surface area contributed by atoms with E-state index >= 15 is 0 Å². The predicted octanol–water partition coefficient (Wildman–Crippen LogP) is -2.73. The van der Waals surface area contributed by atoms with E-state index in [9.17, 15) is 29.7 Å². The number of hydrogen-bond acceptors (Lipinski definition) is 9. The number of Topliss-reactive ketones (excluding diaryl/α,β-unsaturated/α-hetero) is 2. The number of rotatable bonds is 4. The van der Waals surface area contributed by atoms with Crippen LogP contribution in [0.3, 0.4) is 0 Å². The Bertz CT molecular complexity index is 462. The molecule has 5 atom stereocenters. The summed E-state index contributed by atoms with van der Waals surface area (Å²) >= 11 is 0. The Kier molecular flexibility index (Phi) is 4.86. The van der Waals surface area contributed by atoms with Crippen LogP contribution < -0.4 is 0 Å². The van der Waals surface area contributed by atoms with Gasteiger partial charge in [-0.05, 0) is 6.92 Å². The molecule has 1 fully saturated rings. The second-order valence-electron chi connectivity index (χ2n) is 4.86. The summed E-state index contributed by atoms with van der Waals surface area (Å²) in [5.74, 6) is -6.15. The van der Waals surface area contributed by atoms with Crippen LogP contribution in [0.5, 0.6) is 0 Å². The van der Waals surface area contributed by atoms with Crippen LogP contribution in [0.2, 0.25) is 0 Å². The van der Waals surface area contributed by atoms with Crippen molar-refractivity contribution in [2.75, 3.05) is 6.61 Å². The zero-order valence-corrected chi connectivity index (χ0v) is 11.8. The van der Waals surface area contributed by atoms with Gasteiger partial charge in [0.1, 0.15) is 18.3 Å². The van der Waals surface area contributed by atoms with Crippen molar-refractivity contribution in [3.8, 4) is 0 Å². The van der Waals surface area contributed by atoms with Crippen LogP contribution in [-0.2, 0) is 23.9 Å². The third-order valence-electron chi connectivity index (χ3n) is 3.42. The average molecular weight is 306 g/mol. The average Bonchev–Trinajstić information content (AvgIpc) is 2.38. The van der Waals surface area contributed by atoms with E-state index in [0.717, 1.165) is 20.8 Å². The highest BCUT2D eigenvalue weighted by molar-refractivity contribution is 5.98. The summed E-state index contributed by atoms with van der Waals surface area (Å²) in [7, 11) is 0. The molecule has 1 saturated heterocycles. The number of esters is 1. The number of ketones is 2. The first-order valence-corrected chi connectivity index (χ1v) is 6.13. The molecule has 0 aromatic heterocycles. The minimum atomic E-state index is -3.00. The first-order chi connectivity index (χ1) is 9.54. The molecule has 0 radical (unpaired) electrons. The molecular formula is C12H18O9. The van der Waals surface area contributed by atoms with Gasteiger partial charge in [0, 0.05) is 13.8 Å². The molecule has 1 aliphatic heterocycles.